The SMILES string of the molecule is CCCCOC[C@H]1O[C@@H](CCC)[C@H](O)[C@@H](OCCCC)[C@@H]1OCCCC. The van der Waals surface area contributed by atoms with Gasteiger partial charge in [0.2, 0.25) is 0 Å². The minimum Gasteiger partial charge on any atom is -0.388 e. The van der Waals surface area contributed by atoms with Gasteiger partial charge in [0.1, 0.15) is 24.4 Å². The molecule has 156 valence electrons. The Hall–Kier alpha value is -0.200. The smallest absolute Gasteiger partial charge is 0.115 e. The third-order valence-electron chi connectivity index (χ3n) is 4.87. The van der Waals surface area contributed by atoms with Gasteiger partial charge in [-0.1, -0.05) is 53.4 Å². The Bertz CT molecular complexity index is 326. The molecule has 1 aliphatic rings. The van der Waals surface area contributed by atoms with E-state index < -0.39 is 6.10 Å². The van der Waals surface area contributed by atoms with Crippen molar-refractivity contribution >= 4 is 0 Å². The summed E-state index contributed by atoms with van der Waals surface area (Å²) in [6.07, 6.45) is 6.42. The molecule has 0 aromatic carbocycles. The van der Waals surface area contributed by atoms with Crippen molar-refractivity contribution in [2.75, 3.05) is 26.4 Å². The first-order valence-electron chi connectivity index (χ1n) is 10.8. The van der Waals surface area contributed by atoms with Gasteiger partial charge in [-0.15, -0.1) is 0 Å². The molecule has 1 fully saturated rings. The second-order valence-corrected chi connectivity index (χ2v) is 7.30. The molecule has 0 unspecified atom stereocenters. The molecule has 5 heteroatoms. The molecule has 0 spiro atoms. The van der Waals surface area contributed by atoms with Crippen LogP contribution in [0.5, 0.6) is 0 Å². The standard InChI is InChI=1S/C21H42O5/c1-5-9-13-23-16-18-20(24-14-10-6-2)21(25-15-11-7-3)19(22)17(26-18)12-8-4/h17-22H,5-16H2,1-4H3/t17-,18+,19-,20+,21+/m0/s1. The lowest BCUT2D eigenvalue weighted by Crippen LogP contribution is -2.60. The van der Waals surface area contributed by atoms with Crippen molar-refractivity contribution in [3.8, 4) is 0 Å². The molecule has 26 heavy (non-hydrogen) atoms. The fourth-order valence-corrected chi connectivity index (χ4v) is 3.23. The highest BCUT2D eigenvalue weighted by molar-refractivity contribution is 4.94. The average molecular weight is 375 g/mol. The van der Waals surface area contributed by atoms with Gasteiger partial charge >= 0.3 is 0 Å². The van der Waals surface area contributed by atoms with Crippen LogP contribution >= 0.6 is 0 Å². The van der Waals surface area contributed by atoms with E-state index >= 15 is 0 Å². The predicted molar refractivity (Wildman–Crippen MR) is 105 cm³/mol. The Labute approximate surface area is 160 Å². The van der Waals surface area contributed by atoms with Gasteiger partial charge in [0, 0.05) is 19.8 Å². The summed E-state index contributed by atoms with van der Waals surface area (Å²) in [7, 11) is 0. The first-order valence-corrected chi connectivity index (χ1v) is 10.8. The number of aliphatic hydroxyl groups is 1. The monoisotopic (exact) mass is 374 g/mol. The second kappa shape index (κ2) is 14.8. The molecule has 1 N–H and O–H groups in total. The molecule has 1 aliphatic heterocycles. The van der Waals surface area contributed by atoms with Crippen LogP contribution in [0, 0.1) is 0 Å². The Morgan fingerprint density at radius 1 is 0.731 bits per heavy atom. The molecule has 0 saturated carbocycles. The van der Waals surface area contributed by atoms with E-state index in [9.17, 15) is 5.11 Å². The zero-order chi connectivity index (χ0) is 19.2. The van der Waals surface area contributed by atoms with Gasteiger partial charge in [0.05, 0.1) is 12.7 Å². The van der Waals surface area contributed by atoms with Gasteiger partial charge in [-0.05, 0) is 25.7 Å². The first-order chi connectivity index (χ1) is 12.7. The molecule has 1 saturated heterocycles. The zero-order valence-electron chi connectivity index (χ0n) is 17.5. The fraction of sp³-hybridized carbons (Fsp3) is 1.00. The molecule has 0 amide bonds. The molecule has 0 radical (unpaired) electrons. The minimum atomic E-state index is -0.648. The van der Waals surface area contributed by atoms with Crippen LogP contribution in [0.4, 0.5) is 0 Å². The van der Waals surface area contributed by atoms with Crippen LogP contribution in [-0.4, -0.2) is 62.1 Å². The van der Waals surface area contributed by atoms with Crippen LogP contribution in [0.2, 0.25) is 0 Å². The molecule has 5 atom stereocenters. The number of rotatable bonds is 15. The molecule has 0 aromatic heterocycles. The van der Waals surface area contributed by atoms with Gasteiger partial charge in [-0.2, -0.15) is 0 Å². The van der Waals surface area contributed by atoms with Crippen molar-refractivity contribution in [2.24, 2.45) is 0 Å². The maximum atomic E-state index is 10.8. The van der Waals surface area contributed by atoms with Gasteiger partial charge < -0.3 is 24.1 Å². The van der Waals surface area contributed by atoms with E-state index in [-0.39, 0.29) is 24.4 Å². The number of hydrogen-bond donors (Lipinski definition) is 1. The molecule has 1 heterocycles. The quantitative estimate of drug-likeness (QED) is 0.437. The number of hydrogen-bond acceptors (Lipinski definition) is 5. The molecular weight excluding hydrogens is 332 g/mol. The lowest BCUT2D eigenvalue weighted by atomic mass is 9.92. The van der Waals surface area contributed by atoms with Crippen molar-refractivity contribution in [2.45, 2.75) is 110 Å². The highest BCUT2D eigenvalue weighted by Crippen LogP contribution is 2.29. The summed E-state index contributed by atoms with van der Waals surface area (Å²) < 4.78 is 24.3. The minimum absolute atomic E-state index is 0.185. The van der Waals surface area contributed by atoms with E-state index in [0.29, 0.717) is 19.8 Å². The van der Waals surface area contributed by atoms with E-state index in [1.165, 1.54) is 0 Å². The van der Waals surface area contributed by atoms with Gasteiger partial charge in [-0.25, -0.2) is 0 Å². The van der Waals surface area contributed by atoms with Crippen molar-refractivity contribution in [1.29, 1.82) is 0 Å². The third-order valence-corrected chi connectivity index (χ3v) is 4.87. The summed E-state index contributed by atoms with van der Waals surface area (Å²) in [6.45, 7) is 11.1. The topological polar surface area (TPSA) is 57.2 Å². The second-order valence-electron chi connectivity index (χ2n) is 7.30. The van der Waals surface area contributed by atoms with Crippen LogP contribution < -0.4 is 0 Å². The molecule has 0 bridgehead atoms. The van der Waals surface area contributed by atoms with Crippen LogP contribution in [-0.2, 0) is 18.9 Å². The Balaban J connectivity index is 2.79. The Kier molecular flexibility index (Phi) is 13.6. The summed E-state index contributed by atoms with van der Waals surface area (Å²) in [6, 6.07) is 0. The molecular formula is C21H42O5. The highest BCUT2D eigenvalue weighted by atomic mass is 16.6. The maximum Gasteiger partial charge on any atom is 0.115 e. The van der Waals surface area contributed by atoms with E-state index in [1.807, 2.05) is 0 Å². The normalized spacial score (nSPS) is 29.2. The number of unbranched alkanes of at least 4 members (excludes halogenated alkanes) is 3. The Morgan fingerprint density at radius 2 is 1.31 bits per heavy atom. The third kappa shape index (κ3) is 8.22. The summed E-state index contributed by atoms with van der Waals surface area (Å²) >= 11 is 0. The summed E-state index contributed by atoms with van der Waals surface area (Å²) in [5, 5.41) is 10.8. The largest absolute Gasteiger partial charge is 0.388 e. The van der Waals surface area contributed by atoms with Crippen molar-refractivity contribution < 1.29 is 24.1 Å². The Morgan fingerprint density at radius 3 is 1.88 bits per heavy atom. The summed E-state index contributed by atoms with van der Waals surface area (Å²) in [5.74, 6) is 0. The summed E-state index contributed by atoms with van der Waals surface area (Å²) in [4.78, 5) is 0. The average Bonchev–Trinajstić information content (AvgIpc) is 2.64. The van der Waals surface area contributed by atoms with Gasteiger partial charge in [0.15, 0.2) is 0 Å². The maximum absolute atomic E-state index is 10.8. The molecule has 0 aliphatic carbocycles. The molecule has 1 rings (SSSR count). The predicted octanol–water partition coefficient (Wildman–Crippen LogP) is 4.10. The number of ether oxygens (including phenoxy) is 4. The lowest BCUT2D eigenvalue weighted by molar-refractivity contribution is -0.257. The zero-order valence-corrected chi connectivity index (χ0v) is 17.5. The summed E-state index contributed by atoms with van der Waals surface area (Å²) in [5.41, 5.74) is 0. The number of aliphatic hydroxyl groups excluding tert-OH is 1. The van der Waals surface area contributed by atoms with Gasteiger partial charge in [0.25, 0.3) is 0 Å². The highest BCUT2D eigenvalue weighted by Gasteiger charge is 2.46. The van der Waals surface area contributed by atoms with Crippen molar-refractivity contribution in [3.63, 3.8) is 0 Å². The van der Waals surface area contributed by atoms with E-state index in [4.69, 9.17) is 18.9 Å². The van der Waals surface area contributed by atoms with Crippen molar-refractivity contribution in [1.82, 2.24) is 0 Å². The van der Waals surface area contributed by atoms with E-state index in [0.717, 1.165) is 58.0 Å². The van der Waals surface area contributed by atoms with Gasteiger partial charge in [-0.3, -0.25) is 0 Å². The van der Waals surface area contributed by atoms with Crippen LogP contribution in [0.25, 0.3) is 0 Å². The molecule has 0 aromatic rings. The fourth-order valence-electron chi connectivity index (χ4n) is 3.23. The van der Waals surface area contributed by atoms with E-state index in [1.54, 1.807) is 0 Å². The van der Waals surface area contributed by atoms with Crippen molar-refractivity contribution in [3.05, 3.63) is 0 Å². The van der Waals surface area contributed by atoms with Crippen LogP contribution in [0.1, 0.15) is 79.1 Å². The first kappa shape index (κ1) is 23.8. The van der Waals surface area contributed by atoms with Crippen LogP contribution in [0.15, 0.2) is 0 Å². The molecule has 5 nitrogen and oxygen atoms in total. The van der Waals surface area contributed by atoms with E-state index in [2.05, 4.69) is 27.7 Å². The van der Waals surface area contributed by atoms with Crippen LogP contribution in [0.3, 0.4) is 0 Å². The lowest BCUT2D eigenvalue weighted by Gasteiger charge is -2.44.